The third-order valence-electron chi connectivity index (χ3n) is 4.31. The lowest BCUT2D eigenvalue weighted by atomic mass is 10.0. The zero-order valence-corrected chi connectivity index (χ0v) is 15.9. The van der Waals surface area contributed by atoms with Gasteiger partial charge < -0.3 is 10.6 Å². The van der Waals surface area contributed by atoms with Gasteiger partial charge in [-0.3, -0.25) is 9.59 Å². The van der Waals surface area contributed by atoms with Gasteiger partial charge >= 0.3 is 0 Å². The number of rotatable bonds is 7. The van der Waals surface area contributed by atoms with Crippen LogP contribution >= 0.6 is 11.3 Å². The largest absolute Gasteiger partial charge is 0.348 e. The molecule has 0 saturated carbocycles. The number of carbonyl (C=O) groups excluding carboxylic acids is 2. The molecule has 0 spiro atoms. The third kappa shape index (κ3) is 5.28. The van der Waals surface area contributed by atoms with Gasteiger partial charge in [-0.15, -0.1) is 11.3 Å². The Kier molecular flexibility index (Phi) is 6.39. The smallest absolute Gasteiger partial charge is 0.262 e. The number of thiophene rings is 1. The van der Waals surface area contributed by atoms with Crippen LogP contribution in [0.15, 0.2) is 78.2 Å². The van der Waals surface area contributed by atoms with Gasteiger partial charge in [0.05, 0.1) is 10.9 Å². The fraction of sp³-hybridized carbons (Fsp3) is 0.182. The Balaban J connectivity index is 1.73. The molecule has 3 rings (SSSR count). The minimum atomic E-state index is -0.645. The summed E-state index contributed by atoms with van der Waals surface area (Å²) in [5, 5.41) is 7.75. The number of benzene rings is 2. The van der Waals surface area contributed by atoms with Gasteiger partial charge in [0.2, 0.25) is 5.91 Å². The van der Waals surface area contributed by atoms with Crippen LogP contribution in [0, 0.1) is 0 Å². The van der Waals surface area contributed by atoms with Gasteiger partial charge in [0.1, 0.15) is 6.04 Å². The minimum Gasteiger partial charge on any atom is -0.348 e. The van der Waals surface area contributed by atoms with Gasteiger partial charge in [-0.2, -0.15) is 0 Å². The maximum absolute atomic E-state index is 12.9. The standard InChI is InChI=1S/C22H22N2O2S/c1-16(18-11-6-3-7-12-18)23-21(25)19(15-17-9-4-2-5-10-17)24-22(26)20-13-8-14-27-20/h2-14,16,19H,15H2,1H3,(H,23,25)(H,24,26)/t16?,19-/m0/s1. The van der Waals surface area contributed by atoms with Crippen LogP contribution in [0.4, 0.5) is 0 Å². The van der Waals surface area contributed by atoms with Crippen LogP contribution in [0.2, 0.25) is 0 Å². The van der Waals surface area contributed by atoms with Crippen LogP contribution in [0.1, 0.15) is 33.8 Å². The van der Waals surface area contributed by atoms with E-state index in [1.165, 1.54) is 11.3 Å². The Morgan fingerprint density at radius 1 is 0.889 bits per heavy atom. The molecule has 1 aromatic heterocycles. The number of nitrogens with one attached hydrogen (secondary N) is 2. The second-order valence-electron chi connectivity index (χ2n) is 6.33. The van der Waals surface area contributed by atoms with Gasteiger partial charge in [-0.1, -0.05) is 66.7 Å². The Hall–Kier alpha value is -2.92. The van der Waals surface area contributed by atoms with Crippen molar-refractivity contribution in [3.05, 3.63) is 94.2 Å². The molecular weight excluding hydrogens is 356 g/mol. The summed E-state index contributed by atoms with van der Waals surface area (Å²) in [5.74, 6) is -0.423. The van der Waals surface area contributed by atoms with Crippen LogP contribution in [0.25, 0.3) is 0 Å². The van der Waals surface area contributed by atoms with Gasteiger partial charge in [0.15, 0.2) is 0 Å². The summed E-state index contributed by atoms with van der Waals surface area (Å²) < 4.78 is 0. The zero-order chi connectivity index (χ0) is 19.1. The average molecular weight is 378 g/mol. The Morgan fingerprint density at radius 3 is 2.19 bits per heavy atom. The van der Waals surface area contributed by atoms with Crippen molar-refractivity contribution in [2.45, 2.75) is 25.4 Å². The van der Waals surface area contributed by atoms with Crippen molar-refractivity contribution in [1.29, 1.82) is 0 Å². The van der Waals surface area contributed by atoms with Crippen molar-refractivity contribution in [1.82, 2.24) is 10.6 Å². The van der Waals surface area contributed by atoms with E-state index < -0.39 is 6.04 Å². The van der Waals surface area contributed by atoms with Crippen molar-refractivity contribution < 1.29 is 9.59 Å². The molecule has 0 fully saturated rings. The molecule has 0 aliphatic carbocycles. The van der Waals surface area contributed by atoms with Crippen molar-refractivity contribution in [3.8, 4) is 0 Å². The highest BCUT2D eigenvalue weighted by Gasteiger charge is 2.23. The predicted molar refractivity (Wildman–Crippen MR) is 109 cm³/mol. The maximum atomic E-state index is 12.9. The monoisotopic (exact) mass is 378 g/mol. The van der Waals surface area contributed by atoms with Crippen molar-refractivity contribution in [2.24, 2.45) is 0 Å². The molecule has 0 radical (unpaired) electrons. The molecule has 0 saturated heterocycles. The summed E-state index contributed by atoms with van der Waals surface area (Å²) in [6.45, 7) is 1.94. The van der Waals surface area contributed by atoms with Crippen LogP contribution < -0.4 is 10.6 Å². The molecule has 0 aliphatic rings. The molecular formula is C22H22N2O2S. The summed E-state index contributed by atoms with van der Waals surface area (Å²) in [5.41, 5.74) is 2.02. The molecule has 27 heavy (non-hydrogen) atoms. The lowest BCUT2D eigenvalue weighted by molar-refractivity contribution is -0.123. The summed E-state index contributed by atoms with van der Waals surface area (Å²) in [7, 11) is 0. The first-order chi connectivity index (χ1) is 13.1. The van der Waals surface area contributed by atoms with Gasteiger partial charge in [0.25, 0.3) is 5.91 Å². The lowest BCUT2D eigenvalue weighted by Gasteiger charge is -2.21. The van der Waals surface area contributed by atoms with E-state index in [0.717, 1.165) is 11.1 Å². The summed E-state index contributed by atoms with van der Waals surface area (Å²) in [6, 6.07) is 22.3. The van der Waals surface area contributed by atoms with E-state index in [9.17, 15) is 9.59 Å². The van der Waals surface area contributed by atoms with Gasteiger partial charge in [-0.05, 0) is 29.5 Å². The Bertz CT molecular complexity index is 864. The predicted octanol–water partition coefficient (Wildman–Crippen LogP) is 3.97. The lowest BCUT2D eigenvalue weighted by Crippen LogP contribution is -2.48. The number of hydrogen-bond acceptors (Lipinski definition) is 3. The van der Waals surface area contributed by atoms with Crippen LogP contribution in [0.5, 0.6) is 0 Å². The summed E-state index contributed by atoms with van der Waals surface area (Å²) in [4.78, 5) is 26.0. The second-order valence-corrected chi connectivity index (χ2v) is 7.28. The first-order valence-electron chi connectivity index (χ1n) is 8.87. The topological polar surface area (TPSA) is 58.2 Å². The van der Waals surface area contributed by atoms with Crippen LogP contribution in [0.3, 0.4) is 0 Å². The molecule has 2 amide bonds. The van der Waals surface area contributed by atoms with E-state index >= 15 is 0 Å². The first kappa shape index (κ1) is 18.9. The molecule has 138 valence electrons. The van der Waals surface area contributed by atoms with E-state index in [0.29, 0.717) is 11.3 Å². The summed E-state index contributed by atoms with van der Waals surface area (Å²) in [6.07, 6.45) is 0.436. The molecule has 2 N–H and O–H groups in total. The minimum absolute atomic E-state index is 0.143. The average Bonchev–Trinajstić information content (AvgIpc) is 3.24. The fourth-order valence-corrected chi connectivity index (χ4v) is 3.46. The molecule has 2 atom stereocenters. The highest BCUT2D eigenvalue weighted by molar-refractivity contribution is 7.12. The molecule has 0 aliphatic heterocycles. The molecule has 4 nitrogen and oxygen atoms in total. The van der Waals surface area contributed by atoms with Crippen molar-refractivity contribution in [3.63, 3.8) is 0 Å². The van der Waals surface area contributed by atoms with E-state index in [1.54, 1.807) is 6.07 Å². The van der Waals surface area contributed by atoms with E-state index in [1.807, 2.05) is 79.0 Å². The third-order valence-corrected chi connectivity index (χ3v) is 5.18. The number of carbonyl (C=O) groups is 2. The molecule has 2 aromatic carbocycles. The fourth-order valence-electron chi connectivity index (χ4n) is 2.84. The molecule has 0 bridgehead atoms. The van der Waals surface area contributed by atoms with E-state index in [-0.39, 0.29) is 17.9 Å². The Morgan fingerprint density at radius 2 is 1.56 bits per heavy atom. The highest BCUT2D eigenvalue weighted by Crippen LogP contribution is 2.13. The van der Waals surface area contributed by atoms with E-state index in [4.69, 9.17) is 0 Å². The molecule has 5 heteroatoms. The Labute approximate surface area is 163 Å². The summed E-state index contributed by atoms with van der Waals surface area (Å²) >= 11 is 1.36. The highest BCUT2D eigenvalue weighted by atomic mass is 32.1. The van der Waals surface area contributed by atoms with E-state index in [2.05, 4.69) is 10.6 Å². The second kappa shape index (κ2) is 9.14. The molecule has 1 heterocycles. The van der Waals surface area contributed by atoms with Gasteiger partial charge in [0, 0.05) is 6.42 Å². The zero-order valence-electron chi connectivity index (χ0n) is 15.1. The van der Waals surface area contributed by atoms with Gasteiger partial charge in [-0.25, -0.2) is 0 Å². The van der Waals surface area contributed by atoms with Crippen molar-refractivity contribution in [2.75, 3.05) is 0 Å². The van der Waals surface area contributed by atoms with Crippen molar-refractivity contribution >= 4 is 23.2 Å². The van der Waals surface area contributed by atoms with Crippen LogP contribution in [-0.2, 0) is 11.2 Å². The quantitative estimate of drug-likeness (QED) is 0.654. The number of amides is 2. The maximum Gasteiger partial charge on any atom is 0.262 e. The number of hydrogen-bond donors (Lipinski definition) is 2. The SMILES string of the molecule is CC(NC(=O)[C@H](Cc1ccccc1)NC(=O)c1cccs1)c1ccccc1. The normalized spacial score (nSPS) is 12.8. The van der Waals surface area contributed by atoms with Crippen LogP contribution in [-0.4, -0.2) is 17.9 Å². The first-order valence-corrected chi connectivity index (χ1v) is 9.75. The molecule has 1 unspecified atom stereocenters. The molecule has 3 aromatic rings.